The van der Waals surface area contributed by atoms with Gasteiger partial charge in [0.25, 0.3) is 5.91 Å². The molecule has 0 aliphatic heterocycles. The van der Waals surface area contributed by atoms with Gasteiger partial charge in [-0.15, -0.1) is 0 Å². The Hall–Kier alpha value is -3.12. The number of nitrogens with zero attached hydrogens (tertiary/aromatic N) is 1. The Morgan fingerprint density at radius 2 is 1.69 bits per heavy atom. The molecular weight excluding hydrogens is 516 g/mol. The molecule has 5 nitrogen and oxygen atoms in total. The lowest BCUT2D eigenvalue weighted by Gasteiger charge is -2.31. The third-order valence-electron chi connectivity index (χ3n) is 6.06. The van der Waals surface area contributed by atoms with E-state index in [1.807, 2.05) is 86.6 Å². The van der Waals surface area contributed by atoms with Crippen molar-refractivity contribution < 1.29 is 14.3 Å². The van der Waals surface area contributed by atoms with Gasteiger partial charge in [-0.1, -0.05) is 83.9 Å². The lowest BCUT2D eigenvalue weighted by atomic mass is 10.0. The molecule has 1 atom stereocenters. The third kappa shape index (κ3) is 8.23. The number of nitrogens with one attached hydrogen (secondary N) is 1. The molecule has 0 heterocycles. The van der Waals surface area contributed by atoms with E-state index in [9.17, 15) is 9.59 Å². The standard InChI is InChI=1S/C30H35BrN2O3/c1-4-5-17-32-30(35)27(19-24-9-7-6-8-10-24)33(20-25-13-15-26(31)16-14-25)29(34)21-36-28-18-22(2)11-12-23(28)3/h6-16,18,27H,4-5,17,19-21H2,1-3H3,(H,32,35)/t27-/m0/s1. The van der Waals surface area contributed by atoms with E-state index in [2.05, 4.69) is 28.2 Å². The first kappa shape index (κ1) is 27.5. The van der Waals surface area contributed by atoms with Crippen LogP contribution in [0.4, 0.5) is 0 Å². The largest absolute Gasteiger partial charge is 0.483 e. The topological polar surface area (TPSA) is 58.6 Å². The molecule has 36 heavy (non-hydrogen) atoms. The number of rotatable bonds is 12. The molecule has 190 valence electrons. The Morgan fingerprint density at radius 1 is 0.972 bits per heavy atom. The molecule has 3 rings (SSSR count). The number of unbranched alkanes of at least 4 members (excludes halogenated alkanes) is 1. The quantitative estimate of drug-likeness (QED) is 0.281. The number of carbonyl (C=O) groups excluding carboxylic acids is 2. The fraction of sp³-hybridized carbons (Fsp3) is 0.333. The maximum atomic E-state index is 13.7. The van der Waals surface area contributed by atoms with Crippen molar-refractivity contribution in [2.24, 2.45) is 0 Å². The van der Waals surface area contributed by atoms with Gasteiger partial charge in [0.2, 0.25) is 5.91 Å². The van der Waals surface area contributed by atoms with E-state index in [4.69, 9.17) is 4.74 Å². The van der Waals surface area contributed by atoms with Gasteiger partial charge in [-0.25, -0.2) is 0 Å². The van der Waals surface area contributed by atoms with Crippen molar-refractivity contribution in [3.05, 3.63) is 99.5 Å². The number of ether oxygens (including phenoxy) is 1. The van der Waals surface area contributed by atoms with Crippen LogP contribution in [-0.2, 0) is 22.6 Å². The molecule has 0 unspecified atom stereocenters. The number of carbonyl (C=O) groups is 2. The highest BCUT2D eigenvalue weighted by Crippen LogP contribution is 2.21. The average molecular weight is 552 g/mol. The number of benzene rings is 3. The second kappa shape index (κ2) is 13.8. The number of hydrogen-bond acceptors (Lipinski definition) is 3. The molecule has 3 aromatic rings. The van der Waals surface area contributed by atoms with Gasteiger partial charge >= 0.3 is 0 Å². The van der Waals surface area contributed by atoms with Crippen LogP contribution >= 0.6 is 15.9 Å². The van der Waals surface area contributed by atoms with Crippen LogP contribution in [0.25, 0.3) is 0 Å². The summed E-state index contributed by atoms with van der Waals surface area (Å²) in [4.78, 5) is 28.7. The summed E-state index contributed by atoms with van der Waals surface area (Å²) in [5.74, 6) is 0.300. The molecule has 0 radical (unpaired) electrons. The Labute approximate surface area is 223 Å². The predicted octanol–water partition coefficient (Wildman–Crippen LogP) is 6.00. The SMILES string of the molecule is CCCCNC(=O)[C@H](Cc1ccccc1)N(Cc1ccc(Br)cc1)C(=O)COc1cc(C)ccc1C. The van der Waals surface area contributed by atoms with E-state index in [0.717, 1.165) is 39.6 Å². The molecular formula is C30H35BrN2O3. The van der Waals surface area contributed by atoms with Crippen LogP contribution in [0.2, 0.25) is 0 Å². The molecule has 6 heteroatoms. The maximum Gasteiger partial charge on any atom is 0.261 e. The zero-order valence-electron chi connectivity index (χ0n) is 21.3. The molecule has 0 spiro atoms. The van der Waals surface area contributed by atoms with Crippen molar-refractivity contribution >= 4 is 27.7 Å². The molecule has 2 amide bonds. The van der Waals surface area contributed by atoms with E-state index in [0.29, 0.717) is 25.3 Å². The lowest BCUT2D eigenvalue weighted by Crippen LogP contribution is -2.51. The smallest absolute Gasteiger partial charge is 0.261 e. The molecule has 0 aromatic heterocycles. The van der Waals surface area contributed by atoms with Crippen molar-refractivity contribution in [2.45, 2.75) is 52.6 Å². The van der Waals surface area contributed by atoms with E-state index >= 15 is 0 Å². The molecule has 0 fully saturated rings. The van der Waals surface area contributed by atoms with Crippen LogP contribution in [-0.4, -0.2) is 35.9 Å². The van der Waals surface area contributed by atoms with Gasteiger partial charge in [-0.3, -0.25) is 9.59 Å². The van der Waals surface area contributed by atoms with Gasteiger partial charge in [0.05, 0.1) is 0 Å². The summed E-state index contributed by atoms with van der Waals surface area (Å²) in [7, 11) is 0. The van der Waals surface area contributed by atoms with Crippen molar-refractivity contribution in [3.63, 3.8) is 0 Å². The zero-order chi connectivity index (χ0) is 25.9. The van der Waals surface area contributed by atoms with E-state index < -0.39 is 6.04 Å². The van der Waals surface area contributed by atoms with Crippen LogP contribution in [0.15, 0.2) is 77.3 Å². The Bertz CT molecular complexity index is 1130. The second-order valence-corrected chi connectivity index (χ2v) is 9.97. The van der Waals surface area contributed by atoms with E-state index in [1.165, 1.54) is 0 Å². The highest BCUT2D eigenvalue weighted by atomic mass is 79.9. The number of halogens is 1. The number of hydrogen-bond donors (Lipinski definition) is 1. The fourth-order valence-corrected chi connectivity index (χ4v) is 4.20. The van der Waals surface area contributed by atoms with E-state index in [1.54, 1.807) is 4.90 Å². The molecule has 0 saturated carbocycles. The van der Waals surface area contributed by atoms with Gasteiger partial charge in [0, 0.05) is 24.0 Å². The molecule has 0 bridgehead atoms. The summed E-state index contributed by atoms with van der Waals surface area (Å²) in [6.45, 7) is 6.78. The maximum absolute atomic E-state index is 13.7. The summed E-state index contributed by atoms with van der Waals surface area (Å²) in [5, 5.41) is 3.04. The first-order valence-corrected chi connectivity index (χ1v) is 13.2. The third-order valence-corrected chi connectivity index (χ3v) is 6.59. The average Bonchev–Trinajstić information content (AvgIpc) is 2.88. The van der Waals surface area contributed by atoms with Gasteiger partial charge < -0.3 is 15.0 Å². The number of aryl methyl sites for hydroxylation is 2. The Kier molecular flexibility index (Phi) is 10.6. The van der Waals surface area contributed by atoms with Crippen LogP contribution in [0.5, 0.6) is 5.75 Å². The first-order chi connectivity index (χ1) is 17.4. The minimum absolute atomic E-state index is 0.144. The summed E-state index contributed by atoms with van der Waals surface area (Å²) in [6, 6.07) is 22.9. The molecule has 3 aromatic carbocycles. The Balaban J connectivity index is 1.89. The first-order valence-electron chi connectivity index (χ1n) is 12.4. The van der Waals surface area contributed by atoms with Crippen LogP contribution < -0.4 is 10.1 Å². The van der Waals surface area contributed by atoms with E-state index in [-0.39, 0.29) is 18.4 Å². The minimum Gasteiger partial charge on any atom is -0.483 e. The van der Waals surface area contributed by atoms with Gasteiger partial charge in [-0.2, -0.15) is 0 Å². The molecule has 0 saturated heterocycles. The van der Waals surface area contributed by atoms with Crippen molar-refractivity contribution in [2.75, 3.05) is 13.2 Å². The molecule has 0 aliphatic rings. The lowest BCUT2D eigenvalue weighted by molar-refractivity contribution is -0.142. The minimum atomic E-state index is -0.664. The molecule has 0 aliphatic carbocycles. The van der Waals surface area contributed by atoms with Crippen LogP contribution in [0.3, 0.4) is 0 Å². The van der Waals surface area contributed by atoms with Gasteiger partial charge in [-0.05, 0) is 60.7 Å². The zero-order valence-corrected chi connectivity index (χ0v) is 22.9. The second-order valence-electron chi connectivity index (χ2n) is 9.06. The van der Waals surface area contributed by atoms with Crippen LogP contribution in [0, 0.1) is 13.8 Å². The molecule has 1 N–H and O–H groups in total. The van der Waals surface area contributed by atoms with Crippen molar-refractivity contribution in [3.8, 4) is 5.75 Å². The summed E-state index contributed by atoms with van der Waals surface area (Å²) < 4.78 is 6.92. The predicted molar refractivity (Wildman–Crippen MR) is 148 cm³/mol. The Morgan fingerprint density at radius 3 is 2.39 bits per heavy atom. The summed E-state index contributed by atoms with van der Waals surface area (Å²) >= 11 is 3.47. The number of amides is 2. The monoisotopic (exact) mass is 550 g/mol. The summed E-state index contributed by atoms with van der Waals surface area (Å²) in [6.07, 6.45) is 2.29. The highest BCUT2D eigenvalue weighted by Gasteiger charge is 2.30. The van der Waals surface area contributed by atoms with Gasteiger partial charge in [0.1, 0.15) is 11.8 Å². The van der Waals surface area contributed by atoms with Gasteiger partial charge in [0.15, 0.2) is 6.61 Å². The normalized spacial score (nSPS) is 11.6. The van der Waals surface area contributed by atoms with Crippen molar-refractivity contribution in [1.29, 1.82) is 0 Å². The van der Waals surface area contributed by atoms with Crippen molar-refractivity contribution in [1.82, 2.24) is 10.2 Å². The summed E-state index contributed by atoms with van der Waals surface area (Å²) in [5.41, 5.74) is 3.97. The van der Waals surface area contributed by atoms with Crippen LogP contribution in [0.1, 0.15) is 42.0 Å². The highest BCUT2D eigenvalue weighted by molar-refractivity contribution is 9.10. The fourth-order valence-electron chi connectivity index (χ4n) is 3.93.